The molecule has 0 fully saturated rings. The number of likely N-dealkylation sites (N-methyl/N-ethyl adjacent to an activating group) is 1. The molecule has 4 nitrogen and oxygen atoms in total. The van der Waals surface area contributed by atoms with Gasteiger partial charge in [0.25, 0.3) is 5.91 Å². The summed E-state index contributed by atoms with van der Waals surface area (Å²) in [5.41, 5.74) is 1.48. The molecule has 0 spiro atoms. The van der Waals surface area contributed by atoms with Crippen molar-refractivity contribution in [2.75, 3.05) is 7.05 Å². The van der Waals surface area contributed by atoms with Crippen molar-refractivity contribution in [3.8, 4) is 0 Å². The molecule has 0 aliphatic carbocycles. The lowest BCUT2D eigenvalue weighted by atomic mass is 10.0. The molecule has 110 valence electrons. The fourth-order valence-corrected chi connectivity index (χ4v) is 2.04. The summed E-state index contributed by atoms with van der Waals surface area (Å²) in [6.45, 7) is 4.02. The minimum absolute atomic E-state index is 0.176. The minimum Gasteiger partial charge on any atom is -0.357 e. The van der Waals surface area contributed by atoms with E-state index >= 15 is 0 Å². The minimum atomic E-state index is -0.514. The molecule has 0 aliphatic rings. The molecule has 2 N–H and O–H groups in total. The number of hydrogen-bond donors (Lipinski definition) is 2. The van der Waals surface area contributed by atoms with Gasteiger partial charge in [0.05, 0.1) is 0 Å². The Labute approximate surface area is 124 Å². The summed E-state index contributed by atoms with van der Waals surface area (Å²) in [7, 11) is 1.57. The molecular weight excluding hydrogens is 276 g/mol. The molecule has 1 aromatic rings. The highest BCUT2D eigenvalue weighted by Gasteiger charge is 2.21. The Kier molecular flexibility index (Phi) is 6.52. The Morgan fingerprint density at radius 1 is 1.20 bits per heavy atom. The molecule has 0 aliphatic heterocycles. The van der Waals surface area contributed by atoms with E-state index in [2.05, 4.69) is 10.6 Å². The van der Waals surface area contributed by atoms with E-state index in [0.29, 0.717) is 23.8 Å². The lowest BCUT2D eigenvalue weighted by Crippen LogP contribution is -2.46. The number of hydrogen-bond acceptors (Lipinski definition) is 2. The number of alkyl halides is 1. The van der Waals surface area contributed by atoms with Gasteiger partial charge in [-0.1, -0.05) is 26.0 Å². The molecule has 1 aromatic carbocycles. The van der Waals surface area contributed by atoms with E-state index < -0.39 is 6.04 Å². The molecule has 2 amide bonds. The van der Waals surface area contributed by atoms with Gasteiger partial charge in [0, 0.05) is 18.5 Å². The largest absolute Gasteiger partial charge is 0.357 e. The molecular formula is C15H21ClN2O2. The maximum absolute atomic E-state index is 12.1. The van der Waals surface area contributed by atoms with Crippen LogP contribution in [0.25, 0.3) is 0 Å². The monoisotopic (exact) mass is 296 g/mol. The van der Waals surface area contributed by atoms with Crippen LogP contribution < -0.4 is 10.6 Å². The molecule has 0 saturated heterocycles. The first-order chi connectivity index (χ1) is 9.47. The summed E-state index contributed by atoms with van der Waals surface area (Å²) in [5, 5.41) is 5.34. The van der Waals surface area contributed by atoms with Gasteiger partial charge in [0.1, 0.15) is 6.04 Å². The van der Waals surface area contributed by atoms with Crippen molar-refractivity contribution in [1.29, 1.82) is 0 Å². The topological polar surface area (TPSA) is 58.2 Å². The molecule has 0 heterocycles. The van der Waals surface area contributed by atoms with Gasteiger partial charge in [-0.2, -0.15) is 0 Å². The highest BCUT2D eigenvalue weighted by atomic mass is 35.5. The summed E-state index contributed by atoms with van der Waals surface area (Å²) in [6.07, 6.45) is 0.602. The van der Waals surface area contributed by atoms with Gasteiger partial charge in [0.15, 0.2) is 0 Å². The second kappa shape index (κ2) is 7.90. The SMILES string of the molecule is CNC(=O)C(CC(C)C)NC(=O)c1ccc(CCl)cc1. The summed E-state index contributed by atoms with van der Waals surface area (Å²) >= 11 is 5.71. The van der Waals surface area contributed by atoms with E-state index in [1.807, 2.05) is 13.8 Å². The van der Waals surface area contributed by atoms with Gasteiger partial charge in [-0.15, -0.1) is 11.6 Å². The highest BCUT2D eigenvalue weighted by Crippen LogP contribution is 2.09. The van der Waals surface area contributed by atoms with Crippen LogP contribution in [0.4, 0.5) is 0 Å². The number of rotatable bonds is 6. The van der Waals surface area contributed by atoms with Crippen LogP contribution in [0.5, 0.6) is 0 Å². The summed E-state index contributed by atoms with van der Waals surface area (Å²) < 4.78 is 0. The fourth-order valence-electron chi connectivity index (χ4n) is 1.86. The standard InChI is InChI=1S/C15H21ClN2O2/c1-10(2)8-13(15(20)17-3)18-14(19)12-6-4-11(9-16)5-7-12/h4-7,10,13H,8-9H2,1-3H3,(H,17,20)(H,18,19). The summed E-state index contributed by atoms with van der Waals surface area (Å²) in [5.74, 6) is 0.303. The van der Waals surface area contributed by atoms with Gasteiger partial charge in [-0.25, -0.2) is 0 Å². The van der Waals surface area contributed by atoms with E-state index in [9.17, 15) is 9.59 Å². The van der Waals surface area contributed by atoms with E-state index in [-0.39, 0.29) is 11.8 Å². The van der Waals surface area contributed by atoms with Crippen LogP contribution >= 0.6 is 11.6 Å². The van der Waals surface area contributed by atoms with E-state index in [1.54, 1.807) is 31.3 Å². The first kappa shape index (κ1) is 16.5. The lowest BCUT2D eigenvalue weighted by Gasteiger charge is -2.19. The Bertz CT molecular complexity index is 457. The van der Waals surface area contributed by atoms with Crippen LogP contribution in [-0.2, 0) is 10.7 Å². The van der Waals surface area contributed by atoms with Gasteiger partial charge in [-0.3, -0.25) is 9.59 Å². The van der Waals surface area contributed by atoms with E-state index in [1.165, 1.54) is 0 Å². The zero-order valence-corrected chi connectivity index (χ0v) is 12.8. The number of nitrogens with one attached hydrogen (secondary N) is 2. The van der Waals surface area contributed by atoms with Crippen LogP contribution in [0.2, 0.25) is 0 Å². The maximum atomic E-state index is 12.1. The molecule has 0 saturated carbocycles. The van der Waals surface area contributed by atoms with Crippen molar-refractivity contribution in [3.05, 3.63) is 35.4 Å². The number of carbonyl (C=O) groups is 2. The van der Waals surface area contributed by atoms with E-state index in [4.69, 9.17) is 11.6 Å². The number of benzene rings is 1. The molecule has 1 unspecified atom stereocenters. The average Bonchev–Trinajstić information content (AvgIpc) is 2.45. The highest BCUT2D eigenvalue weighted by molar-refractivity contribution is 6.17. The quantitative estimate of drug-likeness (QED) is 0.792. The van der Waals surface area contributed by atoms with E-state index in [0.717, 1.165) is 5.56 Å². The Morgan fingerprint density at radius 2 is 1.80 bits per heavy atom. The van der Waals surface area contributed by atoms with Crippen molar-refractivity contribution in [1.82, 2.24) is 10.6 Å². The number of amides is 2. The van der Waals surface area contributed by atoms with Crippen molar-refractivity contribution in [3.63, 3.8) is 0 Å². The van der Waals surface area contributed by atoms with Crippen LogP contribution in [0, 0.1) is 5.92 Å². The maximum Gasteiger partial charge on any atom is 0.251 e. The zero-order chi connectivity index (χ0) is 15.1. The molecule has 0 aromatic heterocycles. The zero-order valence-electron chi connectivity index (χ0n) is 12.1. The van der Waals surface area contributed by atoms with Crippen molar-refractivity contribution in [2.24, 2.45) is 5.92 Å². The van der Waals surface area contributed by atoms with Gasteiger partial charge < -0.3 is 10.6 Å². The van der Waals surface area contributed by atoms with Crippen molar-refractivity contribution in [2.45, 2.75) is 32.2 Å². The Hall–Kier alpha value is -1.55. The van der Waals surface area contributed by atoms with Gasteiger partial charge in [-0.05, 0) is 30.0 Å². The third-order valence-corrected chi connectivity index (χ3v) is 3.25. The molecule has 0 radical (unpaired) electrons. The first-order valence-electron chi connectivity index (χ1n) is 6.65. The predicted molar refractivity (Wildman–Crippen MR) is 80.8 cm³/mol. The average molecular weight is 297 g/mol. The van der Waals surface area contributed by atoms with Crippen LogP contribution in [0.3, 0.4) is 0 Å². The summed E-state index contributed by atoms with van der Waals surface area (Å²) in [6, 6.07) is 6.52. The fraction of sp³-hybridized carbons (Fsp3) is 0.467. The molecule has 0 bridgehead atoms. The lowest BCUT2D eigenvalue weighted by molar-refractivity contribution is -0.122. The number of halogens is 1. The smallest absolute Gasteiger partial charge is 0.251 e. The van der Waals surface area contributed by atoms with Crippen molar-refractivity contribution < 1.29 is 9.59 Å². The van der Waals surface area contributed by atoms with Crippen LogP contribution in [0.1, 0.15) is 36.2 Å². The number of carbonyl (C=O) groups excluding carboxylic acids is 2. The Morgan fingerprint density at radius 3 is 2.25 bits per heavy atom. The van der Waals surface area contributed by atoms with Crippen LogP contribution in [-0.4, -0.2) is 24.9 Å². The molecule has 1 rings (SSSR count). The molecule has 1 atom stereocenters. The molecule has 20 heavy (non-hydrogen) atoms. The Balaban J connectivity index is 2.76. The first-order valence-corrected chi connectivity index (χ1v) is 7.18. The second-order valence-corrected chi connectivity index (χ2v) is 5.37. The normalized spacial score (nSPS) is 12.1. The predicted octanol–water partition coefficient (Wildman–Crippen LogP) is 2.32. The molecule has 5 heteroatoms. The second-order valence-electron chi connectivity index (χ2n) is 5.10. The van der Waals surface area contributed by atoms with Crippen molar-refractivity contribution >= 4 is 23.4 Å². The van der Waals surface area contributed by atoms with Crippen LogP contribution in [0.15, 0.2) is 24.3 Å². The third-order valence-electron chi connectivity index (χ3n) is 2.95. The van der Waals surface area contributed by atoms with Gasteiger partial charge in [0.2, 0.25) is 5.91 Å². The summed E-state index contributed by atoms with van der Waals surface area (Å²) in [4.78, 5) is 23.9. The van der Waals surface area contributed by atoms with Gasteiger partial charge >= 0.3 is 0 Å². The third kappa shape index (κ3) is 4.85.